The average molecular weight is 329 g/mol. The van der Waals surface area contributed by atoms with Crippen LogP contribution >= 0.6 is 0 Å². The fourth-order valence-corrected chi connectivity index (χ4v) is 2.29. The third kappa shape index (κ3) is 5.24. The van der Waals surface area contributed by atoms with Gasteiger partial charge in [0, 0.05) is 18.7 Å². The maximum Gasteiger partial charge on any atom is 0.416 e. The molecule has 1 heterocycles. The summed E-state index contributed by atoms with van der Waals surface area (Å²) in [4.78, 5) is 23.5. The van der Waals surface area contributed by atoms with Crippen molar-refractivity contribution in [2.75, 3.05) is 19.6 Å². The largest absolute Gasteiger partial charge is 0.416 e. The molecule has 23 heavy (non-hydrogen) atoms. The molecule has 2 N–H and O–H groups in total. The van der Waals surface area contributed by atoms with Crippen LogP contribution in [0, 0.1) is 0 Å². The molecule has 1 saturated heterocycles. The smallest absolute Gasteiger partial charge is 0.343 e. The van der Waals surface area contributed by atoms with Crippen molar-refractivity contribution >= 4 is 11.8 Å². The van der Waals surface area contributed by atoms with Gasteiger partial charge in [0.1, 0.15) is 0 Å². The first-order chi connectivity index (χ1) is 10.9. The molecule has 0 radical (unpaired) electrons. The first-order valence-corrected chi connectivity index (χ1v) is 7.36. The van der Waals surface area contributed by atoms with Crippen molar-refractivity contribution in [1.82, 2.24) is 15.8 Å². The zero-order valence-electron chi connectivity index (χ0n) is 12.4. The summed E-state index contributed by atoms with van der Waals surface area (Å²) >= 11 is 0. The number of hydrogen-bond donors (Lipinski definition) is 2. The summed E-state index contributed by atoms with van der Waals surface area (Å²) in [6.45, 7) is 1.33. The molecule has 1 fully saturated rings. The molecule has 1 aliphatic heterocycles. The Kier molecular flexibility index (Phi) is 5.59. The number of carbonyl (C=O) groups excluding carboxylic acids is 2. The van der Waals surface area contributed by atoms with E-state index in [1.165, 1.54) is 0 Å². The van der Waals surface area contributed by atoms with Gasteiger partial charge in [0.2, 0.25) is 0 Å². The topological polar surface area (TPSA) is 61.4 Å². The minimum atomic E-state index is -4.44. The van der Waals surface area contributed by atoms with Crippen LogP contribution in [0.3, 0.4) is 0 Å². The van der Waals surface area contributed by atoms with Crippen LogP contribution in [0.2, 0.25) is 0 Å². The van der Waals surface area contributed by atoms with Crippen LogP contribution in [0.25, 0.3) is 0 Å². The van der Waals surface area contributed by atoms with Crippen LogP contribution in [0.4, 0.5) is 13.2 Å². The molecule has 8 heteroatoms. The van der Waals surface area contributed by atoms with Crippen molar-refractivity contribution in [3.8, 4) is 0 Å². The summed E-state index contributed by atoms with van der Waals surface area (Å²) in [6.07, 6.45) is -1.28. The lowest BCUT2D eigenvalue weighted by Gasteiger charge is -2.26. The Balaban J connectivity index is 1.81. The van der Waals surface area contributed by atoms with Crippen LogP contribution in [-0.4, -0.2) is 36.5 Å². The lowest BCUT2D eigenvalue weighted by Crippen LogP contribution is -2.48. The maximum absolute atomic E-state index is 12.4. The van der Waals surface area contributed by atoms with Crippen LogP contribution in [0.15, 0.2) is 24.3 Å². The van der Waals surface area contributed by atoms with Gasteiger partial charge in [-0.15, -0.1) is 0 Å². The lowest BCUT2D eigenvalue weighted by atomic mass is 10.1. The van der Waals surface area contributed by atoms with E-state index < -0.39 is 17.6 Å². The maximum atomic E-state index is 12.4. The van der Waals surface area contributed by atoms with E-state index in [1.807, 2.05) is 0 Å². The molecule has 1 aromatic rings. The Hall–Kier alpha value is -2.09. The van der Waals surface area contributed by atoms with E-state index in [0.717, 1.165) is 56.6 Å². The van der Waals surface area contributed by atoms with Crippen LogP contribution in [0.1, 0.15) is 35.2 Å². The molecule has 1 aromatic carbocycles. The Labute approximate surface area is 131 Å². The fraction of sp³-hybridized carbons (Fsp3) is 0.467. The van der Waals surface area contributed by atoms with Gasteiger partial charge in [-0.3, -0.25) is 15.0 Å². The molecular formula is C15H18F3N3O2. The normalized spacial score (nSPS) is 16.0. The van der Waals surface area contributed by atoms with Gasteiger partial charge in [-0.1, -0.05) is 6.42 Å². The second-order valence-corrected chi connectivity index (χ2v) is 5.34. The molecule has 5 nitrogen and oxygen atoms in total. The van der Waals surface area contributed by atoms with Gasteiger partial charge < -0.3 is 5.32 Å². The number of carbonyl (C=O) groups is 2. The molecule has 0 bridgehead atoms. The molecule has 1 aliphatic rings. The van der Waals surface area contributed by atoms with Crippen molar-refractivity contribution in [2.24, 2.45) is 0 Å². The average Bonchev–Trinajstić information content (AvgIpc) is 2.53. The van der Waals surface area contributed by atoms with Crippen LogP contribution in [-0.2, 0) is 11.0 Å². The summed E-state index contributed by atoms with van der Waals surface area (Å²) in [6, 6.07) is 3.84. The number of hydrazine groups is 1. The Morgan fingerprint density at radius 2 is 1.65 bits per heavy atom. The second-order valence-electron chi connectivity index (χ2n) is 5.34. The predicted molar refractivity (Wildman–Crippen MR) is 77.3 cm³/mol. The van der Waals surface area contributed by atoms with Crippen molar-refractivity contribution in [1.29, 1.82) is 0 Å². The Bertz CT molecular complexity index is 552. The molecule has 2 rings (SSSR count). The van der Waals surface area contributed by atoms with Gasteiger partial charge in [-0.25, -0.2) is 5.01 Å². The number of halogens is 3. The van der Waals surface area contributed by atoms with Gasteiger partial charge in [-0.05, 0) is 37.1 Å². The summed E-state index contributed by atoms with van der Waals surface area (Å²) < 4.78 is 37.3. The number of nitrogens with one attached hydrogen (secondary N) is 2. The Morgan fingerprint density at radius 1 is 1.04 bits per heavy atom. The summed E-state index contributed by atoms with van der Waals surface area (Å²) in [7, 11) is 0. The minimum absolute atomic E-state index is 0.0729. The van der Waals surface area contributed by atoms with Gasteiger partial charge in [0.05, 0.1) is 12.1 Å². The monoisotopic (exact) mass is 329 g/mol. The molecule has 0 spiro atoms. The van der Waals surface area contributed by atoms with Gasteiger partial charge in [0.25, 0.3) is 11.8 Å². The van der Waals surface area contributed by atoms with Crippen molar-refractivity contribution in [3.05, 3.63) is 35.4 Å². The number of benzene rings is 1. The summed E-state index contributed by atoms with van der Waals surface area (Å²) in [5.74, 6) is -0.945. The lowest BCUT2D eigenvalue weighted by molar-refractivity contribution is -0.137. The van der Waals surface area contributed by atoms with E-state index >= 15 is 0 Å². The van der Waals surface area contributed by atoms with E-state index in [-0.39, 0.29) is 18.0 Å². The highest BCUT2D eigenvalue weighted by molar-refractivity contribution is 5.96. The van der Waals surface area contributed by atoms with E-state index in [2.05, 4.69) is 10.7 Å². The summed E-state index contributed by atoms with van der Waals surface area (Å²) in [5.41, 5.74) is 1.94. The number of nitrogens with zero attached hydrogens (tertiary/aromatic N) is 1. The predicted octanol–water partition coefficient (Wildman–Crippen LogP) is 1.95. The van der Waals surface area contributed by atoms with Gasteiger partial charge >= 0.3 is 6.18 Å². The summed E-state index contributed by atoms with van der Waals surface area (Å²) in [5, 5.41) is 4.19. The first-order valence-electron chi connectivity index (χ1n) is 7.36. The second kappa shape index (κ2) is 7.45. The Morgan fingerprint density at radius 3 is 2.22 bits per heavy atom. The van der Waals surface area contributed by atoms with Crippen molar-refractivity contribution < 1.29 is 22.8 Å². The first kappa shape index (κ1) is 17.3. The zero-order valence-corrected chi connectivity index (χ0v) is 12.4. The van der Waals surface area contributed by atoms with Gasteiger partial charge in [-0.2, -0.15) is 13.2 Å². The third-order valence-electron chi connectivity index (χ3n) is 3.52. The minimum Gasteiger partial charge on any atom is -0.343 e. The number of piperidine rings is 1. The van der Waals surface area contributed by atoms with E-state index in [1.54, 1.807) is 5.01 Å². The molecule has 0 atom stereocenters. The van der Waals surface area contributed by atoms with Crippen molar-refractivity contribution in [2.45, 2.75) is 25.4 Å². The van der Waals surface area contributed by atoms with E-state index in [4.69, 9.17) is 0 Å². The fourth-order valence-electron chi connectivity index (χ4n) is 2.29. The molecular weight excluding hydrogens is 311 g/mol. The van der Waals surface area contributed by atoms with E-state index in [0.29, 0.717) is 0 Å². The molecule has 0 aliphatic carbocycles. The molecule has 0 saturated carbocycles. The van der Waals surface area contributed by atoms with Crippen LogP contribution in [0.5, 0.6) is 0 Å². The van der Waals surface area contributed by atoms with E-state index in [9.17, 15) is 22.8 Å². The third-order valence-corrected chi connectivity index (χ3v) is 3.52. The number of amides is 2. The number of hydrogen-bond acceptors (Lipinski definition) is 3. The highest BCUT2D eigenvalue weighted by Gasteiger charge is 2.30. The molecule has 0 unspecified atom stereocenters. The van der Waals surface area contributed by atoms with Crippen LogP contribution < -0.4 is 10.7 Å². The molecule has 0 aromatic heterocycles. The highest BCUT2D eigenvalue weighted by Crippen LogP contribution is 2.29. The van der Waals surface area contributed by atoms with Crippen molar-refractivity contribution in [3.63, 3.8) is 0 Å². The quantitative estimate of drug-likeness (QED) is 0.888. The standard InChI is InChI=1S/C15H18F3N3O2/c16-15(17,18)12-6-4-11(5-7-12)14(23)19-10-13(22)20-21-8-2-1-3-9-21/h4-7H,1-3,8-10H2,(H,19,23)(H,20,22). The number of alkyl halides is 3. The molecule has 2 amide bonds. The highest BCUT2D eigenvalue weighted by atomic mass is 19.4. The zero-order chi connectivity index (χ0) is 16.9. The van der Waals surface area contributed by atoms with Gasteiger partial charge in [0.15, 0.2) is 0 Å². The number of rotatable bonds is 4. The SMILES string of the molecule is O=C(CNC(=O)c1ccc(C(F)(F)F)cc1)NN1CCCCC1. The molecule has 126 valence electrons.